The molecule has 1 unspecified atom stereocenters. The van der Waals surface area contributed by atoms with Crippen molar-refractivity contribution in [2.24, 2.45) is 17.7 Å². The summed E-state index contributed by atoms with van der Waals surface area (Å²) in [6, 6.07) is 0.468. The summed E-state index contributed by atoms with van der Waals surface area (Å²) in [6.45, 7) is 9.69. The van der Waals surface area contributed by atoms with E-state index in [9.17, 15) is 4.79 Å². The second-order valence-electron chi connectivity index (χ2n) is 6.56. The summed E-state index contributed by atoms with van der Waals surface area (Å²) in [6.07, 6.45) is 6.16. The standard InChI is InChI=1S/C15H31N3O/c1-11(2)9-10-18(13-7-5-6-8-13)14(12(3)4)15(19)17-16/h11-14H,5-10,16H2,1-4H3,(H,17,19). The topological polar surface area (TPSA) is 58.4 Å². The molecule has 1 aliphatic rings. The molecule has 1 saturated carbocycles. The Hall–Kier alpha value is -0.610. The summed E-state index contributed by atoms with van der Waals surface area (Å²) in [5, 5.41) is 0. The molecule has 0 saturated heterocycles. The highest BCUT2D eigenvalue weighted by atomic mass is 16.2. The van der Waals surface area contributed by atoms with Crippen molar-refractivity contribution < 1.29 is 4.79 Å². The van der Waals surface area contributed by atoms with E-state index in [0.29, 0.717) is 12.0 Å². The lowest BCUT2D eigenvalue weighted by atomic mass is 9.97. The van der Waals surface area contributed by atoms with Gasteiger partial charge in [0, 0.05) is 6.04 Å². The maximum absolute atomic E-state index is 12.1. The molecular weight excluding hydrogens is 238 g/mol. The fourth-order valence-electron chi connectivity index (χ4n) is 3.11. The molecule has 0 spiro atoms. The molecule has 19 heavy (non-hydrogen) atoms. The molecule has 112 valence electrons. The fraction of sp³-hybridized carbons (Fsp3) is 0.933. The van der Waals surface area contributed by atoms with E-state index < -0.39 is 0 Å². The number of amides is 1. The van der Waals surface area contributed by atoms with Crippen LogP contribution in [0.15, 0.2) is 0 Å². The molecule has 1 fully saturated rings. The Morgan fingerprint density at radius 1 is 1.26 bits per heavy atom. The summed E-state index contributed by atoms with van der Waals surface area (Å²) in [4.78, 5) is 14.5. The zero-order valence-electron chi connectivity index (χ0n) is 13.0. The Morgan fingerprint density at radius 3 is 2.26 bits per heavy atom. The third-order valence-electron chi connectivity index (χ3n) is 4.16. The largest absolute Gasteiger partial charge is 0.293 e. The smallest absolute Gasteiger partial charge is 0.251 e. The lowest BCUT2D eigenvalue weighted by Crippen LogP contribution is -2.55. The van der Waals surface area contributed by atoms with Crippen molar-refractivity contribution in [1.82, 2.24) is 10.3 Å². The predicted octanol–water partition coefficient (Wildman–Crippen LogP) is 2.29. The highest BCUT2D eigenvalue weighted by molar-refractivity contribution is 5.81. The van der Waals surface area contributed by atoms with E-state index >= 15 is 0 Å². The van der Waals surface area contributed by atoms with E-state index in [1.54, 1.807) is 0 Å². The summed E-state index contributed by atoms with van der Waals surface area (Å²) in [5.41, 5.74) is 2.36. The highest BCUT2D eigenvalue weighted by Crippen LogP contribution is 2.28. The first-order valence-electron chi connectivity index (χ1n) is 7.73. The van der Waals surface area contributed by atoms with Gasteiger partial charge < -0.3 is 0 Å². The molecule has 0 heterocycles. The Morgan fingerprint density at radius 2 is 1.84 bits per heavy atom. The molecule has 0 bridgehead atoms. The summed E-state index contributed by atoms with van der Waals surface area (Å²) in [5.74, 6) is 6.29. The molecule has 4 nitrogen and oxygen atoms in total. The summed E-state index contributed by atoms with van der Waals surface area (Å²) < 4.78 is 0. The van der Waals surface area contributed by atoms with E-state index in [2.05, 4.69) is 38.0 Å². The minimum atomic E-state index is -0.0909. The minimum absolute atomic E-state index is 0.0364. The van der Waals surface area contributed by atoms with Crippen LogP contribution in [0.2, 0.25) is 0 Å². The minimum Gasteiger partial charge on any atom is -0.293 e. The molecule has 0 radical (unpaired) electrons. The molecule has 1 amide bonds. The first-order chi connectivity index (χ1) is 8.97. The van der Waals surface area contributed by atoms with Crippen LogP contribution in [0.5, 0.6) is 0 Å². The SMILES string of the molecule is CC(C)CCN(C1CCCC1)C(C(=O)NN)C(C)C. The summed E-state index contributed by atoms with van der Waals surface area (Å²) in [7, 11) is 0. The maximum Gasteiger partial charge on any atom is 0.251 e. The predicted molar refractivity (Wildman–Crippen MR) is 79.4 cm³/mol. The van der Waals surface area contributed by atoms with Gasteiger partial charge in [-0.05, 0) is 37.6 Å². The normalized spacial score (nSPS) is 18.5. The molecule has 4 heteroatoms. The highest BCUT2D eigenvalue weighted by Gasteiger charge is 2.34. The molecular formula is C15H31N3O. The van der Waals surface area contributed by atoms with Gasteiger partial charge in [0.25, 0.3) is 5.91 Å². The van der Waals surface area contributed by atoms with Crippen LogP contribution < -0.4 is 11.3 Å². The Kier molecular flexibility index (Phi) is 6.80. The lowest BCUT2D eigenvalue weighted by molar-refractivity contribution is -0.129. The van der Waals surface area contributed by atoms with Gasteiger partial charge in [-0.15, -0.1) is 0 Å². The van der Waals surface area contributed by atoms with Crippen LogP contribution in [0.25, 0.3) is 0 Å². The third-order valence-corrected chi connectivity index (χ3v) is 4.16. The van der Waals surface area contributed by atoms with Gasteiger partial charge >= 0.3 is 0 Å². The van der Waals surface area contributed by atoms with E-state index in [1.807, 2.05) is 0 Å². The average molecular weight is 269 g/mol. The van der Waals surface area contributed by atoms with Crippen LogP contribution in [0.4, 0.5) is 0 Å². The number of nitrogens with two attached hydrogens (primary N) is 1. The fourth-order valence-corrected chi connectivity index (χ4v) is 3.11. The van der Waals surface area contributed by atoms with Crippen LogP contribution in [-0.2, 0) is 4.79 Å². The number of carbonyl (C=O) groups excluding carboxylic acids is 1. The van der Waals surface area contributed by atoms with E-state index in [4.69, 9.17) is 5.84 Å². The molecule has 0 aromatic carbocycles. The van der Waals surface area contributed by atoms with Gasteiger partial charge in [-0.1, -0.05) is 40.5 Å². The Bertz CT molecular complexity index is 273. The van der Waals surface area contributed by atoms with Crippen molar-refractivity contribution in [3.63, 3.8) is 0 Å². The Balaban J connectivity index is 2.80. The number of nitrogens with zero attached hydrogens (tertiary/aromatic N) is 1. The van der Waals surface area contributed by atoms with Gasteiger partial charge in [-0.3, -0.25) is 15.1 Å². The van der Waals surface area contributed by atoms with Crippen molar-refractivity contribution in [2.75, 3.05) is 6.54 Å². The van der Waals surface area contributed by atoms with Gasteiger partial charge in [0.1, 0.15) is 0 Å². The van der Waals surface area contributed by atoms with Gasteiger partial charge in [0.15, 0.2) is 0 Å². The van der Waals surface area contributed by atoms with Crippen LogP contribution in [0.3, 0.4) is 0 Å². The molecule has 1 aliphatic carbocycles. The van der Waals surface area contributed by atoms with Crippen molar-refractivity contribution in [1.29, 1.82) is 0 Å². The maximum atomic E-state index is 12.1. The monoisotopic (exact) mass is 269 g/mol. The molecule has 1 rings (SSSR count). The quantitative estimate of drug-likeness (QED) is 0.423. The van der Waals surface area contributed by atoms with Gasteiger partial charge in [-0.2, -0.15) is 0 Å². The molecule has 1 atom stereocenters. The van der Waals surface area contributed by atoms with Gasteiger partial charge in [-0.25, -0.2) is 5.84 Å². The molecule has 0 aromatic heterocycles. The molecule has 0 aromatic rings. The number of carbonyl (C=O) groups is 1. The third kappa shape index (κ3) is 4.77. The first-order valence-corrected chi connectivity index (χ1v) is 7.73. The summed E-state index contributed by atoms with van der Waals surface area (Å²) >= 11 is 0. The van der Waals surface area contributed by atoms with Crippen LogP contribution in [0.1, 0.15) is 59.8 Å². The van der Waals surface area contributed by atoms with E-state index in [0.717, 1.165) is 13.0 Å². The van der Waals surface area contributed by atoms with Crippen LogP contribution >= 0.6 is 0 Å². The van der Waals surface area contributed by atoms with Crippen LogP contribution in [-0.4, -0.2) is 29.4 Å². The number of rotatable bonds is 7. The number of hydrogen-bond donors (Lipinski definition) is 2. The Labute approximate surface area is 118 Å². The van der Waals surface area contributed by atoms with Crippen molar-refractivity contribution >= 4 is 5.91 Å². The van der Waals surface area contributed by atoms with Crippen LogP contribution in [0, 0.1) is 11.8 Å². The van der Waals surface area contributed by atoms with Crippen molar-refractivity contribution in [3.05, 3.63) is 0 Å². The van der Waals surface area contributed by atoms with E-state index in [1.165, 1.54) is 25.7 Å². The number of nitrogens with one attached hydrogen (secondary N) is 1. The van der Waals surface area contributed by atoms with Crippen molar-refractivity contribution in [2.45, 2.75) is 71.9 Å². The average Bonchev–Trinajstić information content (AvgIpc) is 2.86. The second-order valence-corrected chi connectivity index (χ2v) is 6.56. The second kappa shape index (κ2) is 7.85. The van der Waals surface area contributed by atoms with E-state index in [-0.39, 0.29) is 17.9 Å². The molecule has 3 N–H and O–H groups in total. The molecule has 0 aliphatic heterocycles. The zero-order valence-corrected chi connectivity index (χ0v) is 13.0. The van der Waals surface area contributed by atoms with Gasteiger partial charge in [0.05, 0.1) is 6.04 Å². The first kappa shape index (κ1) is 16.4. The van der Waals surface area contributed by atoms with Crippen molar-refractivity contribution in [3.8, 4) is 0 Å². The lowest BCUT2D eigenvalue weighted by Gasteiger charge is -2.37. The number of hydrogen-bond acceptors (Lipinski definition) is 3. The zero-order chi connectivity index (χ0) is 14.4. The number of hydrazine groups is 1. The van der Waals surface area contributed by atoms with Gasteiger partial charge in [0.2, 0.25) is 0 Å².